The van der Waals surface area contributed by atoms with Gasteiger partial charge in [-0.2, -0.15) is 0 Å². The van der Waals surface area contributed by atoms with Crippen LogP contribution in [-0.4, -0.2) is 48.3 Å². The number of ether oxygens (including phenoxy) is 2. The molecule has 1 aliphatic rings. The molecule has 0 amide bonds. The lowest BCUT2D eigenvalue weighted by Gasteiger charge is -2.22. The van der Waals surface area contributed by atoms with E-state index in [0.29, 0.717) is 6.04 Å². The average molecular weight is 329 g/mol. The molecule has 1 saturated heterocycles. The van der Waals surface area contributed by atoms with Crippen molar-refractivity contribution in [3.63, 3.8) is 0 Å². The van der Waals surface area contributed by atoms with Crippen molar-refractivity contribution in [3.8, 4) is 5.75 Å². The molecule has 1 aliphatic heterocycles. The molecule has 1 aromatic carbocycles. The van der Waals surface area contributed by atoms with Crippen molar-refractivity contribution in [2.75, 3.05) is 27.3 Å². The molecule has 0 saturated carbocycles. The highest BCUT2D eigenvalue weighted by molar-refractivity contribution is 5.27. The number of aryl methyl sites for hydroxylation is 2. The summed E-state index contributed by atoms with van der Waals surface area (Å²) in [5.74, 6) is 1.97. The van der Waals surface area contributed by atoms with Crippen LogP contribution in [-0.2, 0) is 11.2 Å². The number of aromatic amines is 1. The van der Waals surface area contributed by atoms with Crippen LogP contribution in [0, 0.1) is 13.8 Å². The van der Waals surface area contributed by atoms with E-state index in [2.05, 4.69) is 35.9 Å². The third kappa shape index (κ3) is 3.62. The normalized spacial score (nSPS) is 21.3. The van der Waals surface area contributed by atoms with E-state index in [1.807, 2.05) is 12.1 Å². The second-order valence-electron chi connectivity index (χ2n) is 6.53. The number of hydrogen-bond acceptors (Lipinski definition) is 4. The Morgan fingerprint density at radius 2 is 1.96 bits per heavy atom. The van der Waals surface area contributed by atoms with Crippen LogP contribution in [0.2, 0.25) is 0 Å². The Kier molecular flexibility index (Phi) is 5.21. The smallest absolute Gasteiger partial charge is 0.124 e. The maximum atomic E-state index is 5.61. The van der Waals surface area contributed by atoms with Crippen LogP contribution in [0.3, 0.4) is 0 Å². The van der Waals surface area contributed by atoms with Crippen molar-refractivity contribution in [2.24, 2.45) is 0 Å². The molecule has 130 valence electrons. The second-order valence-corrected chi connectivity index (χ2v) is 6.53. The van der Waals surface area contributed by atoms with Crippen molar-refractivity contribution in [2.45, 2.75) is 38.8 Å². The molecule has 3 rings (SSSR count). The Labute approximate surface area is 144 Å². The molecule has 2 aromatic rings. The summed E-state index contributed by atoms with van der Waals surface area (Å²) < 4.78 is 10.8. The van der Waals surface area contributed by atoms with Crippen molar-refractivity contribution < 1.29 is 9.47 Å². The van der Waals surface area contributed by atoms with Gasteiger partial charge in [-0.15, -0.1) is 0 Å². The molecule has 0 spiro atoms. The van der Waals surface area contributed by atoms with Crippen molar-refractivity contribution in [1.82, 2.24) is 14.9 Å². The number of H-pyrrole nitrogens is 1. The van der Waals surface area contributed by atoms with Gasteiger partial charge in [0.05, 0.1) is 24.9 Å². The zero-order valence-electron chi connectivity index (χ0n) is 15.0. The third-order valence-corrected chi connectivity index (χ3v) is 5.01. The summed E-state index contributed by atoms with van der Waals surface area (Å²) in [5.41, 5.74) is 3.56. The van der Waals surface area contributed by atoms with E-state index in [0.717, 1.165) is 48.9 Å². The topological polar surface area (TPSA) is 50.4 Å². The van der Waals surface area contributed by atoms with Gasteiger partial charge < -0.3 is 14.5 Å². The van der Waals surface area contributed by atoms with E-state index in [-0.39, 0.29) is 6.10 Å². The van der Waals surface area contributed by atoms with Gasteiger partial charge in [-0.25, -0.2) is 4.98 Å². The SMILES string of the molecule is COc1ccc(CCN2C[C@H](OC)C[C@H]2c2nc(C)c(C)[nH]2)cc1. The quantitative estimate of drug-likeness (QED) is 0.885. The fraction of sp³-hybridized carbons (Fsp3) is 0.526. The maximum Gasteiger partial charge on any atom is 0.124 e. The standard InChI is InChI=1S/C19H27N3O2/c1-13-14(2)21-19(20-13)18-11-17(24-4)12-22(18)10-9-15-5-7-16(23-3)8-6-15/h5-8,17-18H,9-12H2,1-4H3,(H,20,21)/t17-,18+/m1/s1. The minimum Gasteiger partial charge on any atom is -0.497 e. The molecular weight excluding hydrogens is 302 g/mol. The number of nitrogens with one attached hydrogen (secondary N) is 1. The summed E-state index contributed by atoms with van der Waals surface area (Å²) in [6.45, 7) is 6.09. The molecule has 0 bridgehead atoms. The number of aromatic nitrogens is 2. The average Bonchev–Trinajstić information content (AvgIpc) is 3.16. The Bertz CT molecular complexity index is 646. The monoisotopic (exact) mass is 329 g/mol. The first-order valence-corrected chi connectivity index (χ1v) is 8.53. The van der Waals surface area contributed by atoms with E-state index in [1.54, 1.807) is 14.2 Å². The lowest BCUT2D eigenvalue weighted by atomic mass is 10.1. The van der Waals surface area contributed by atoms with Gasteiger partial charge in [0.25, 0.3) is 0 Å². The van der Waals surface area contributed by atoms with Crippen molar-refractivity contribution >= 4 is 0 Å². The number of methoxy groups -OCH3 is 2. The lowest BCUT2D eigenvalue weighted by molar-refractivity contribution is 0.108. The summed E-state index contributed by atoms with van der Waals surface area (Å²) >= 11 is 0. The van der Waals surface area contributed by atoms with Crippen molar-refractivity contribution in [1.29, 1.82) is 0 Å². The third-order valence-electron chi connectivity index (χ3n) is 5.01. The summed E-state index contributed by atoms with van der Waals surface area (Å²) in [5, 5.41) is 0. The highest BCUT2D eigenvalue weighted by atomic mass is 16.5. The lowest BCUT2D eigenvalue weighted by Crippen LogP contribution is -2.28. The number of likely N-dealkylation sites (tertiary alicyclic amines) is 1. The molecule has 1 fully saturated rings. The van der Waals surface area contributed by atoms with Crippen LogP contribution < -0.4 is 4.74 Å². The van der Waals surface area contributed by atoms with Crippen LogP contribution >= 0.6 is 0 Å². The summed E-state index contributed by atoms with van der Waals surface area (Å²) in [6.07, 6.45) is 2.28. The number of benzene rings is 1. The number of nitrogens with zero attached hydrogens (tertiary/aromatic N) is 2. The number of hydrogen-bond donors (Lipinski definition) is 1. The zero-order chi connectivity index (χ0) is 17.1. The Balaban J connectivity index is 1.69. The molecule has 0 unspecified atom stereocenters. The summed E-state index contributed by atoms with van der Waals surface area (Å²) in [6, 6.07) is 8.63. The molecule has 0 radical (unpaired) electrons. The molecule has 1 N–H and O–H groups in total. The summed E-state index contributed by atoms with van der Waals surface area (Å²) in [4.78, 5) is 10.7. The van der Waals surface area contributed by atoms with Gasteiger partial charge in [0.15, 0.2) is 0 Å². The van der Waals surface area contributed by atoms with E-state index in [9.17, 15) is 0 Å². The first kappa shape index (κ1) is 17.0. The van der Waals surface area contributed by atoms with Crippen LogP contribution in [0.25, 0.3) is 0 Å². The minimum absolute atomic E-state index is 0.275. The molecule has 1 aromatic heterocycles. The highest BCUT2D eigenvalue weighted by Gasteiger charge is 2.34. The zero-order valence-corrected chi connectivity index (χ0v) is 15.0. The molecule has 24 heavy (non-hydrogen) atoms. The molecule has 0 aliphatic carbocycles. The number of rotatable bonds is 6. The molecular formula is C19H27N3O2. The van der Waals surface area contributed by atoms with Crippen LogP contribution in [0.15, 0.2) is 24.3 Å². The van der Waals surface area contributed by atoms with Gasteiger partial charge in [0.1, 0.15) is 11.6 Å². The van der Waals surface area contributed by atoms with Gasteiger partial charge in [-0.1, -0.05) is 12.1 Å². The van der Waals surface area contributed by atoms with Gasteiger partial charge in [-0.3, -0.25) is 4.90 Å². The predicted molar refractivity (Wildman–Crippen MR) is 94.5 cm³/mol. The first-order chi connectivity index (χ1) is 11.6. The Morgan fingerprint density at radius 1 is 1.21 bits per heavy atom. The molecule has 5 nitrogen and oxygen atoms in total. The van der Waals surface area contributed by atoms with Crippen LogP contribution in [0.4, 0.5) is 0 Å². The van der Waals surface area contributed by atoms with E-state index < -0.39 is 0 Å². The van der Waals surface area contributed by atoms with E-state index in [4.69, 9.17) is 14.5 Å². The Hall–Kier alpha value is -1.85. The van der Waals surface area contributed by atoms with E-state index in [1.165, 1.54) is 5.56 Å². The summed E-state index contributed by atoms with van der Waals surface area (Å²) in [7, 11) is 3.50. The van der Waals surface area contributed by atoms with Gasteiger partial charge in [0, 0.05) is 25.9 Å². The first-order valence-electron chi connectivity index (χ1n) is 8.53. The molecule has 5 heteroatoms. The fourth-order valence-electron chi connectivity index (χ4n) is 3.36. The van der Waals surface area contributed by atoms with Crippen LogP contribution in [0.5, 0.6) is 5.75 Å². The predicted octanol–water partition coefficient (Wildman–Crippen LogP) is 3.04. The molecule has 2 heterocycles. The fourth-order valence-corrected chi connectivity index (χ4v) is 3.36. The maximum absolute atomic E-state index is 5.61. The largest absolute Gasteiger partial charge is 0.497 e. The second kappa shape index (κ2) is 7.36. The van der Waals surface area contributed by atoms with Gasteiger partial charge >= 0.3 is 0 Å². The number of imidazole rings is 1. The van der Waals surface area contributed by atoms with E-state index >= 15 is 0 Å². The molecule has 2 atom stereocenters. The highest BCUT2D eigenvalue weighted by Crippen LogP contribution is 2.32. The van der Waals surface area contributed by atoms with Crippen LogP contribution in [0.1, 0.15) is 35.2 Å². The van der Waals surface area contributed by atoms with Crippen molar-refractivity contribution in [3.05, 3.63) is 47.0 Å². The Morgan fingerprint density at radius 3 is 2.54 bits per heavy atom. The minimum atomic E-state index is 0.275. The van der Waals surface area contributed by atoms with Gasteiger partial charge in [-0.05, 0) is 44.4 Å². The van der Waals surface area contributed by atoms with Gasteiger partial charge in [0.2, 0.25) is 0 Å².